The smallest absolute Gasteiger partial charge is 0.101 e. The van der Waals surface area contributed by atoms with E-state index in [2.05, 4.69) is 73.3 Å². The predicted octanol–water partition coefficient (Wildman–Crippen LogP) is 5.76. The molecule has 0 fully saturated rings. The van der Waals surface area contributed by atoms with Crippen LogP contribution in [-0.2, 0) is 6.54 Å². The highest BCUT2D eigenvalue weighted by atomic mass is 15.4. The largest absolute Gasteiger partial charge is 0.354 e. The highest BCUT2D eigenvalue weighted by Gasteiger charge is 2.27. The van der Waals surface area contributed by atoms with Crippen molar-refractivity contribution in [3.05, 3.63) is 48.3 Å². The summed E-state index contributed by atoms with van der Waals surface area (Å²) in [5.74, 6) is 0. The normalized spacial score (nSPS) is 17.5. The molecular weight excluding hydrogens is 280 g/mol. The van der Waals surface area contributed by atoms with Crippen molar-refractivity contribution in [1.29, 1.82) is 0 Å². The van der Waals surface area contributed by atoms with E-state index >= 15 is 0 Å². The maximum absolute atomic E-state index is 2.52. The Bertz CT molecular complexity index is 452. The Labute approximate surface area is 143 Å². The van der Waals surface area contributed by atoms with Crippen molar-refractivity contribution in [1.82, 2.24) is 9.80 Å². The highest BCUT2D eigenvalue weighted by Crippen LogP contribution is 2.25. The van der Waals surface area contributed by atoms with Crippen LogP contribution in [0.3, 0.4) is 0 Å². The van der Waals surface area contributed by atoms with Crippen LogP contribution in [-0.4, -0.2) is 22.0 Å². The Morgan fingerprint density at radius 2 is 1.61 bits per heavy atom. The summed E-state index contributed by atoms with van der Waals surface area (Å²) in [5, 5.41) is 0. The summed E-state index contributed by atoms with van der Waals surface area (Å²) in [6.07, 6.45) is 14.6. The van der Waals surface area contributed by atoms with E-state index in [1.807, 2.05) is 0 Å². The van der Waals surface area contributed by atoms with Gasteiger partial charge < -0.3 is 9.80 Å². The Balaban J connectivity index is 1.85. The van der Waals surface area contributed by atoms with Gasteiger partial charge in [0, 0.05) is 25.0 Å². The summed E-state index contributed by atoms with van der Waals surface area (Å²) in [6.45, 7) is 7.89. The summed E-state index contributed by atoms with van der Waals surface area (Å²) < 4.78 is 0. The number of unbranched alkanes of at least 4 members (excludes halogenated alkanes) is 5. The summed E-state index contributed by atoms with van der Waals surface area (Å²) in [5.41, 5.74) is 1.40. The van der Waals surface area contributed by atoms with Gasteiger partial charge in [-0.1, -0.05) is 69.4 Å². The molecule has 0 saturated carbocycles. The SMILES string of the molecule is CCCCCCCCC1N(Cc2ccccc2)C=CN1C(C)C. The molecule has 1 aliphatic rings. The minimum Gasteiger partial charge on any atom is -0.354 e. The van der Waals surface area contributed by atoms with Gasteiger partial charge in [0.1, 0.15) is 6.17 Å². The Hall–Kier alpha value is -1.44. The average molecular weight is 315 g/mol. The lowest BCUT2D eigenvalue weighted by Crippen LogP contribution is -2.41. The van der Waals surface area contributed by atoms with Crippen LogP contribution in [0.2, 0.25) is 0 Å². The molecule has 128 valence electrons. The molecule has 1 unspecified atom stereocenters. The minimum absolute atomic E-state index is 0.529. The van der Waals surface area contributed by atoms with Gasteiger partial charge in [-0.05, 0) is 32.3 Å². The van der Waals surface area contributed by atoms with Gasteiger partial charge in [-0.15, -0.1) is 0 Å². The van der Waals surface area contributed by atoms with E-state index in [0.29, 0.717) is 12.2 Å². The molecule has 0 aliphatic carbocycles. The first-order valence-electron chi connectivity index (χ1n) is 9.47. The molecule has 0 saturated heterocycles. The zero-order chi connectivity index (χ0) is 16.5. The Morgan fingerprint density at radius 1 is 0.913 bits per heavy atom. The molecule has 1 aliphatic heterocycles. The molecule has 1 aromatic carbocycles. The fraction of sp³-hybridized carbons (Fsp3) is 0.619. The molecule has 1 aromatic rings. The third-order valence-corrected chi connectivity index (χ3v) is 4.78. The summed E-state index contributed by atoms with van der Waals surface area (Å²) in [4.78, 5) is 5.04. The van der Waals surface area contributed by atoms with Gasteiger partial charge in [-0.2, -0.15) is 0 Å². The van der Waals surface area contributed by atoms with Gasteiger partial charge in [-0.25, -0.2) is 0 Å². The monoisotopic (exact) mass is 314 g/mol. The second kappa shape index (κ2) is 9.64. The molecule has 2 heteroatoms. The molecule has 0 bridgehead atoms. The van der Waals surface area contributed by atoms with Crippen molar-refractivity contribution in [2.45, 2.75) is 84.5 Å². The van der Waals surface area contributed by atoms with Crippen molar-refractivity contribution < 1.29 is 0 Å². The third-order valence-electron chi connectivity index (χ3n) is 4.78. The lowest BCUT2D eigenvalue weighted by Gasteiger charge is -2.35. The summed E-state index contributed by atoms with van der Waals surface area (Å²) >= 11 is 0. The van der Waals surface area contributed by atoms with Gasteiger partial charge in [-0.3, -0.25) is 0 Å². The van der Waals surface area contributed by atoms with E-state index in [1.54, 1.807) is 0 Å². The van der Waals surface area contributed by atoms with Crippen molar-refractivity contribution in [2.24, 2.45) is 0 Å². The fourth-order valence-corrected chi connectivity index (χ4v) is 3.42. The molecule has 2 nitrogen and oxygen atoms in total. The maximum atomic E-state index is 2.52. The number of rotatable bonds is 10. The van der Waals surface area contributed by atoms with Crippen LogP contribution in [0.4, 0.5) is 0 Å². The minimum atomic E-state index is 0.529. The number of hydrogen-bond donors (Lipinski definition) is 0. The van der Waals surface area contributed by atoms with Crippen molar-refractivity contribution in [3.63, 3.8) is 0 Å². The van der Waals surface area contributed by atoms with Crippen LogP contribution in [0.15, 0.2) is 42.7 Å². The number of benzene rings is 1. The van der Waals surface area contributed by atoms with Gasteiger partial charge >= 0.3 is 0 Å². The van der Waals surface area contributed by atoms with E-state index < -0.39 is 0 Å². The standard InChI is InChI=1S/C21H34N2/c1-4-5-6-7-8-12-15-21-22(16-17-23(21)19(2)3)18-20-13-10-9-11-14-20/h9-11,13-14,16-17,19,21H,4-8,12,15,18H2,1-3H3. The quantitative estimate of drug-likeness (QED) is 0.506. The van der Waals surface area contributed by atoms with Crippen LogP contribution in [0.25, 0.3) is 0 Å². The second-order valence-electron chi connectivity index (χ2n) is 7.03. The average Bonchev–Trinajstić information content (AvgIpc) is 2.95. The van der Waals surface area contributed by atoms with E-state index in [4.69, 9.17) is 0 Å². The molecule has 0 N–H and O–H groups in total. The predicted molar refractivity (Wildman–Crippen MR) is 99.9 cm³/mol. The highest BCUT2D eigenvalue weighted by molar-refractivity contribution is 5.16. The lowest BCUT2D eigenvalue weighted by atomic mass is 10.1. The molecular formula is C21H34N2. The zero-order valence-corrected chi connectivity index (χ0v) is 15.2. The first kappa shape index (κ1) is 17.9. The second-order valence-corrected chi connectivity index (χ2v) is 7.03. The molecule has 23 heavy (non-hydrogen) atoms. The maximum Gasteiger partial charge on any atom is 0.101 e. The molecule has 1 atom stereocenters. The molecule has 0 radical (unpaired) electrons. The van der Waals surface area contributed by atoms with Crippen LogP contribution >= 0.6 is 0 Å². The molecule has 0 aromatic heterocycles. The number of hydrogen-bond acceptors (Lipinski definition) is 2. The van der Waals surface area contributed by atoms with Gasteiger partial charge in [0.2, 0.25) is 0 Å². The van der Waals surface area contributed by atoms with E-state index in [9.17, 15) is 0 Å². The number of nitrogens with zero attached hydrogens (tertiary/aromatic N) is 2. The molecule has 0 amide bonds. The van der Waals surface area contributed by atoms with Crippen molar-refractivity contribution in [3.8, 4) is 0 Å². The molecule has 1 heterocycles. The molecule has 2 rings (SSSR count). The van der Waals surface area contributed by atoms with E-state index in [0.717, 1.165) is 6.54 Å². The topological polar surface area (TPSA) is 6.48 Å². The molecule has 0 spiro atoms. The zero-order valence-electron chi connectivity index (χ0n) is 15.2. The summed E-state index contributed by atoms with van der Waals surface area (Å²) in [6, 6.07) is 11.4. The van der Waals surface area contributed by atoms with Gasteiger partial charge in [0.15, 0.2) is 0 Å². The van der Waals surface area contributed by atoms with Crippen LogP contribution < -0.4 is 0 Å². The third kappa shape index (κ3) is 5.60. The Morgan fingerprint density at radius 3 is 2.30 bits per heavy atom. The summed E-state index contributed by atoms with van der Waals surface area (Å²) in [7, 11) is 0. The first-order valence-corrected chi connectivity index (χ1v) is 9.47. The lowest BCUT2D eigenvalue weighted by molar-refractivity contribution is 0.110. The van der Waals surface area contributed by atoms with Crippen LogP contribution in [0, 0.1) is 0 Å². The van der Waals surface area contributed by atoms with Gasteiger partial charge in [0.05, 0.1) is 0 Å². The van der Waals surface area contributed by atoms with Crippen molar-refractivity contribution in [2.75, 3.05) is 0 Å². The van der Waals surface area contributed by atoms with Crippen LogP contribution in [0.5, 0.6) is 0 Å². The van der Waals surface area contributed by atoms with Crippen molar-refractivity contribution >= 4 is 0 Å². The van der Waals surface area contributed by atoms with Crippen LogP contribution in [0.1, 0.15) is 71.3 Å². The Kier molecular flexibility index (Phi) is 7.51. The first-order chi connectivity index (χ1) is 11.2. The van der Waals surface area contributed by atoms with E-state index in [1.165, 1.54) is 50.5 Å². The van der Waals surface area contributed by atoms with Gasteiger partial charge in [0.25, 0.3) is 0 Å². The van der Waals surface area contributed by atoms with E-state index in [-0.39, 0.29) is 0 Å². The fourth-order valence-electron chi connectivity index (χ4n) is 3.42.